The maximum Gasteiger partial charge on any atom is 0.327 e. The number of piperidine rings is 1. The van der Waals surface area contributed by atoms with Gasteiger partial charge in [0, 0.05) is 7.05 Å². The molecule has 2 saturated heterocycles. The van der Waals surface area contributed by atoms with Gasteiger partial charge in [0.25, 0.3) is 0 Å². The van der Waals surface area contributed by atoms with Crippen molar-refractivity contribution in [3.05, 3.63) is 35.9 Å². The quantitative estimate of drug-likeness (QED) is 0.856. The zero-order valence-corrected chi connectivity index (χ0v) is 14.8. The number of urea groups is 1. The van der Waals surface area contributed by atoms with E-state index >= 15 is 0 Å². The molecule has 3 atom stereocenters. The second-order valence-electron chi connectivity index (χ2n) is 6.97. The molecule has 24 heavy (non-hydrogen) atoms. The van der Waals surface area contributed by atoms with E-state index in [0.29, 0.717) is 0 Å². The maximum atomic E-state index is 13.2. The Bertz CT molecular complexity index is 598. The molecule has 2 aliphatic heterocycles. The zero-order valence-electron chi connectivity index (χ0n) is 14.8. The van der Waals surface area contributed by atoms with E-state index in [9.17, 15) is 9.59 Å². The lowest BCUT2D eigenvalue weighted by Gasteiger charge is -2.34. The fourth-order valence-corrected chi connectivity index (χ4v) is 3.86. The maximum absolute atomic E-state index is 13.2. The van der Waals surface area contributed by atoms with Crippen molar-refractivity contribution in [3.8, 4) is 0 Å². The Morgan fingerprint density at radius 2 is 1.75 bits per heavy atom. The molecule has 0 spiro atoms. The lowest BCUT2D eigenvalue weighted by atomic mass is 9.99. The Morgan fingerprint density at radius 3 is 2.38 bits per heavy atom. The number of rotatable bonds is 3. The van der Waals surface area contributed by atoms with Crippen molar-refractivity contribution in [2.45, 2.75) is 51.2 Å². The summed E-state index contributed by atoms with van der Waals surface area (Å²) in [6.07, 6.45) is 3.49. The van der Waals surface area contributed by atoms with E-state index in [1.54, 1.807) is 11.9 Å². The van der Waals surface area contributed by atoms with E-state index in [1.807, 2.05) is 44.2 Å². The highest BCUT2D eigenvalue weighted by molar-refractivity contribution is 5.99. The van der Waals surface area contributed by atoms with Crippen LogP contribution in [0, 0.1) is 0 Å². The summed E-state index contributed by atoms with van der Waals surface area (Å²) < 4.78 is 0. The molecule has 0 radical (unpaired) electrons. The monoisotopic (exact) mass is 329 g/mol. The molecule has 5 heteroatoms. The van der Waals surface area contributed by atoms with Crippen LogP contribution in [0.15, 0.2) is 30.3 Å². The predicted molar refractivity (Wildman–Crippen MR) is 93.5 cm³/mol. The molecular weight excluding hydrogens is 302 g/mol. The predicted octanol–water partition coefficient (Wildman–Crippen LogP) is 2.88. The summed E-state index contributed by atoms with van der Waals surface area (Å²) in [7, 11) is 1.78. The van der Waals surface area contributed by atoms with Crippen LogP contribution in [0.5, 0.6) is 0 Å². The Morgan fingerprint density at radius 1 is 1.12 bits per heavy atom. The van der Waals surface area contributed by atoms with E-state index in [0.717, 1.165) is 31.5 Å². The third-order valence-corrected chi connectivity index (χ3v) is 5.53. The highest BCUT2D eigenvalue weighted by atomic mass is 16.2. The Hall–Kier alpha value is -1.88. The molecule has 0 unspecified atom stereocenters. The highest BCUT2D eigenvalue weighted by Crippen LogP contribution is 2.35. The van der Waals surface area contributed by atoms with Gasteiger partial charge in [0.2, 0.25) is 5.91 Å². The summed E-state index contributed by atoms with van der Waals surface area (Å²) in [5.74, 6) is -0.0769. The number of hydrogen-bond acceptors (Lipinski definition) is 3. The van der Waals surface area contributed by atoms with Crippen LogP contribution in [0.2, 0.25) is 0 Å². The van der Waals surface area contributed by atoms with Crippen LogP contribution in [0.25, 0.3) is 0 Å². The summed E-state index contributed by atoms with van der Waals surface area (Å²) in [5, 5.41) is 0. The minimum atomic E-state index is -0.251. The number of hydrogen-bond donors (Lipinski definition) is 0. The van der Waals surface area contributed by atoms with Gasteiger partial charge in [-0.1, -0.05) is 36.8 Å². The first kappa shape index (κ1) is 17.0. The van der Waals surface area contributed by atoms with E-state index in [1.165, 1.54) is 11.3 Å². The van der Waals surface area contributed by atoms with E-state index in [2.05, 4.69) is 4.90 Å². The Labute approximate surface area is 144 Å². The number of likely N-dealkylation sites (tertiary alicyclic amines) is 1. The van der Waals surface area contributed by atoms with Crippen molar-refractivity contribution in [1.82, 2.24) is 14.7 Å². The molecule has 0 aromatic heterocycles. The van der Waals surface area contributed by atoms with Gasteiger partial charge in [0.1, 0.15) is 0 Å². The van der Waals surface area contributed by atoms with Crippen molar-refractivity contribution in [2.75, 3.05) is 20.1 Å². The van der Waals surface area contributed by atoms with Crippen LogP contribution >= 0.6 is 0 Å². The Balaban J connectivity index is 1.87. The fraction of sp³-hybridized carbons (Fsp3) is 0.579. The molecule has 0 aliphatic carbocycles. The lowest BCUT2D eigenvalue weighted by molar-refractivity contribution is -0.135. The van der Waals surface area contributed by atoms with E-state index in [-0.39, 0.29) is 30.1 Å². The topological polar surface area (TPSA) is 43.9 Å². The van der Waals surface area contributed by atoms with Gasteiger partial charge in [-0.2, -0.15) is 0 Å². The number of benzene rings is 1. The highest BCUT2D eigenvalue weighted by Gasteiger charge is 2.47. The van der Waals surface area contributed by atoms with Crippen molar-refractivity contribution in [1.29, 1.82) is 0 Å². The summed E-state index contributed by atoms with van der Waals surface area (Å²) >= 11 is 0. The smallest absolute Gasteiger partial charge is 0.322 e. The number of carbonyl (C=O) groups is 2. The minimum absolute atomic E-state index is 0.0302. The summed E-state index contributed by atoms with van der Waals surface area (Å²) in [5.41, 5.74) is 1.02. The third kappa shape index (κ3) is 2.93. The molecule has 2 heterocycles. The molecule has 1 aromatic rings. The van der Waals surface area contributed by atoms with Gasteiger partial charge in [-0.15, -0.1) is 0 Å². The number of imide groups is 1. The molecule has 0 N–H and O–H groups in total. The van der Waals surface area contributed by atoms with Gasteiger partial charge in [0.15, 0.2) is 0 Å². The second kappa shape index (κ2) is 6.93. The second-order valence-corrected chi connectivity index (χ2v) is 6.97. The van der Waals surface area contributed by atoms with Gasteiger partial charge in [0.05, 0.1) is 18.1 Å². The molecule has 3 rings (SSSR count). The van der Waals surface area contributed by atoms with Crippen molar-refractivity contribution in [2.24, 2.45) is 0 Å². The molecule has 0 bridgehead atoms. The molecule has 1 aromatic carbocycles. The Kier molecular flexibility index (Phi) is 4.90. The largest absolute Gasteiger partial charge is 0.327 e. The van der Waals surface area contributed by atoms with Gasteiger partial charge in [-0.05, 0) is 45.3 Å². The van der Waals surface area contributed by atoms with Crippen LogP contribution in [0.1, 0.15) is 44.7 Å². The summed E-state index contributed by atoms with van der Waals surface area (Å²) in [6.45, 7) is 5.83. The lowest BCUT2D eigenvalue weighted by Crippen LogP contribution is -2.50. The molecular formula is C19H27N3O2. The van der Waals surface area contributed by atoms with Gasteiger partial charge < -0.3 is 4.90 Å². The fourth-order valence-electron chi connectivity index (χ4n) is 3.86. The average Bonchev–Trinajstić information content (AvgIpc) is 2.86. The molecule has 2 aliphatic rings. The molecule has 130 valence electrons. The average molecular weight is 329 g/mol. The number of carbonyl (C=O) groups excluding carboxylic acids is 2. The normalized spacial score (nSPS) is 26.7. The first-order valence-corrected chi connectivity index (χ1v) is 8.91. The van der Waals surface area contributed by atoms with Gasteiger partial charge in [-0.25, -0.2) is 4.79 Å². The van der Waals surface area contributed by atoms with Crippen LogP contribution in [-0.4, -0.2) is 58.9 Å². The van der Waals surface area contributed by atoms with Crippen molar-refractivity contribution < 1.29 is 9.59 Å². The van der Waals surface area contributed by atoms with E-state index < -0.39 is 0 Å². The van der Waals surface area contributed by atoms with Gasteiger partial charge >= 0.3 is 6.03 Å². The first-order valence-electron chi connectivity index (χ1n) is 8.91. The van der Waals surface area contributed by atoms with Gasteiger partial charge in [-0.3, -0.25) is 14.6 Å². The molecule has 3 amide bonds. The molecule has 5 nitrogen and oxygen atoms in total. The number of likely N-dealkylation sites (N-methyl/N-ethyl adjacent to an activating group) is 1. The third-order valence-electron chi connectivity index (χ3n) is 5.53. The molecule has 0 saturated carbocycles. The summed E-state index contributed by atoms with van der Waals surface area (Å²) in [6, 6.07) is 9.18. The van der Waals surface area contributed by atoms with E-state index in [4.69, 9.17) is 0 Å². The zero-order chi connectivity index (χ0) is 17.3. The van der Waals surface area contributed by atoms with Crippen molar-refractivity contribution in [3.63, 3.8) is 0 Å². The first-order chi connectivity index (χ1) is 11.5. The minimum Gasteiger partial charge on any atom is -0.322 e. The van der Waals surface area contributed by atoms with Crippen LogP contribution in [0.4, 0.5) is 4.79 Å². The van der Waals surface area contributed by atoms with Crippen LogP contribution < -0.4 is 0 Å². The number of nitrogens with zero attached hydrogens (tertiary/aromatic N) is 3. The summed E-state index contributed by atoms with van der Waals surface area (Å²) in [4.78, 5) is 31.3. The van der Waals surface area contributed by atoms with Crippen LogP contribution in [0.3, 0.4) is 0 Å². The SMILES string of the molecule is C[C@H](C(=O)N1C(=O)N(C)[C@@H](C)[C@H]1c1ccccc1)N1CCCCC1. The molecule has 2 fully saturated rings. The van der Waals surface area contributed by atoms with Crippen molar-refractivity contribution >= 4 is 11.9 Å². The number of amides is 3. The van der Waals surface area contributed by atoms with Crippen LogP contribution in [-0.2, 0) is 4.79 Å². The standard InChI is InChI=1S/C19H27N3O2/c1-14-17(16-10-6-4-7-11-16)22(19(24)20(14)3)18(23)15(2)21-12-8-5-9-13-21/h4,6-7,10-11,14-15,17H,5,8-9,12-13H2,1-3H3/t14-,15+,17-/m0/s1.